The number of carbonyl (C=O) groups excluding carboxylic acids is 1. The second-order valence-corrected chi connectivity index (χ2v) is 5.28. The highest BCUT2D eigenvalue weighted by molar-refractivity contribution is 5.82. The minimum Gasteiger partial charge on any atom is -0.394 e. The fourth-order valence-electron chi connectivity index (χ4n) is 2.05. The van der Waals surface area contributed by atoms with Gasteiger partial charge in [0.1, 0.15) is 0 Å². The Kier molecular flexibility index (Phi) is 5.36. The second kappa shape index (κ2) is 6.33. The third kappa shape index (κ3) is 4.26. The molecular formula is C12H24N2O3. The van der Waals surface area contributed by atoms with E-state index in [-0.39, 0.29) is 12.5 Å². The van der Waals surface area contributed by atoms with Crippen molar-refractivity contribution in [2.24, 2.45) is 11.7 Å². The lowest BCUT2D eigenvalue weighted by Gasteiger charge is -2.37. The lowest BCUT2D eigenvalue weighted by molar-refractivity contribution is -0.126. The van der Waals surface area contributed by atoms with Gasteiger partial charge in [0.15, 0.2) is 0 Å². The molecule has 1 fully saturated rings. The summed E-state index contributed by atoms with van der Waals surface area (Å²) < 4.78 is 5.24. The van der Waals surface area contributed by atoms with Crippen LogP contribution >= 0.6 is 0 Å². The maximum atomic E-state index is 11.9. The molecule has 1 heterocycles. The summed E-state index contributed by atoms with van der Waals surface area (Å²) in [5, 5.41) is 12.3. The van der Waals surface area contributed by atoms with Crippen LogP contribution in [0.4, 0.5) is 0 Å². The van der Waals surface area contributed by atoms with E-state index in [1.165, 1.54) is 0 Å². The van der Waals surface area contributed by atoms with Crippen molar-refractivity contribution >= 4 is 5.91 Å². The highest BCUT2D eigenvalue weighted by Gasteiger charge is 2.34. The zero-order valence-corrected chi connectivity index (χ0v) is 10.7. The van der Waals surface area contributed by atoms with Crippen molar-refractivity contribution in [2.75, 3.05) is 19.8 Å². The number of ether oxygens (including phenoxy) is 1. The molecule has 4 N–H and O–H groups in total. The molecule has 0 saturated carbocycles. The van der Waals surface area contributed by atoms with Gasteiger partial charge in [-0.3, -0.25) is 4.79 Å². The van der Waals surface area contributed by atoms with E-state index >= 15 is 0 Å². The smallest absolute Gasteiger partial charge is 0.237 e. The predicted octanol–water partition coefficient (Wildman–Crippen LogP) is 0.0175. The molecule has 100 valence electrons. The van der Waals surface area contributed by atoms with Crippen LogP contribution < -0.4 is 11.1 Å². The maximum absolute atomic E-state index is 11.9. The van der Waals surface area contributed by atoms with Gasteiger partial charge >= 0.3 is 0 Å². The molecule has 0 aliphatic carbocycles. The van der Waals surface area contributed by atoms with Crippen LogP contribution in [0.25, 0.3) is 0 Å². The average molecular weight is 244 g/mol. The van der Waals surface area contributed by atoms with Gasteiger partial charge in [-0.15, -0.1) is 0 Å². The van der Waals surface area contributed by atoms with E-state index in [4.69, 9.17) is 10.5 Å². The first-order valence-electron chi connectivity index (χ1n) is 6.25. The molecule has 1 amide bonds. The van der Waals surface area contributed by atoms with E-state index in [0.717, 1.165) is 0 Å². The van der Waals surface area contributed by atoms with Crippen LogP contribution in [-0.4, -0.2) is 42.4 Å². The number of aliphatic hydroxyl groups excluding tert-OH is 1. The number of amides is 1. The van der Waals surface area contributed by atoms with Gasteiger partial charge in [0.05, 0.1) is 18.2 Å². The third-order valence-electron chi connectivity index (χ3n) is 3.20. The van der Waals surface area contributed by atoms with Crippen molar-refractivity contribution in [2.45, 2.75) is 44.7 Å². The van der Waals surface area contributed by atoms with Crippen LogP contribution in [0.2, 0.25) is 0 Å². The van der Waals surface area contributed by atoms with Crippen LogP contribution in [0.5, 0.6) is 0 Å². The molecule has 17 heavy (non-hydrogen) atoms. The van der Waals surface area contributed by atoms with Crippen LogP contribution in [0.15, 0.2) is 0 Å². The van der Waals surface area contributed by atoms with E-state index in [9.17, 15) is 9.90 Å². The quantitative estimate of drug-likeness (QED) is 0.636. The summed E-state index contributed by atoms with van der Waals surface area (Å²) in [4.78, 5) is 11.9. The minimum atomic E-state index is -0.538. The van der Waals surface area contributed by atoms with E-state index < -0.39 is 11.6 Å². The Morgan fingerprint density at radius 3 is 2.53 bits per heavy atom. The van der Waals surface area contributed by atoms with Crippen LogP contribution in [-0.2, 0) is 9.53 Å². The van der Waals surface area contributed by atoms with Gasteiger partial charge < -0.3 is 20.9 Å². The van der Waals surface area contributed by atoms with Crippen LogP contribution in [0.1, 0.15) is 33.1 Å². The van der Waals surface area contributed by atoms with Crippen molar-refractivity contribution in [3.05, 3.63) is 0 Å². The van der Waals surface area contributed by atoms with Gasteiger partial charge in [0, 0.05) is 13.2 Å². The molecule has 0 aromatic rings. The highest BCUT2D eigenvalue weighted by atomic mass is 16.5. The molecule has 0 radical (unpaired) electrons. The topological polar surface area (TPSA) is 84.6 Å². The largest absolute Gasteiger partial charge is 0.394 e. The molecule has 1 atom stereocenters. The molecule has 0 aromatic heterocycles. The summed E-state index contributed by atoms with van der Waals surface area (Å²) in [7, 11) is 0. The van der Waals surface area contributed by atoms with E-state index in [0.29, 0.717) is 38.4 Å². The molecule has 0 spiro atoms. The first kappa shape index (κ1) is 14.4. The summed E-state index contributed by atoms with van der Waals surface area (Å²) in [5.74, 6) is 0.213. The molecule has 0 unspecified atom stereocenters. The molecule has 1 saturated heterocycles. The Morgan fingerprint density at radius 2 is 2.06 bits per heavy atom. The lowest BCUT2D eigenvalue weighted by Crippen LogP contribution is -2.58. The Morgan fingerprint density at radius 1 is 1.47 bits per heavy atom. The zero-order valence-electron chi connectivity index (χ0n) is 10.7. The molecule has 0 aromatic carbocycles. The highest BCUT2D eigenvalue weighted by Crippen LogP contribution is 2.20. The number of nitrogens with one attached hydrogen (secondary N) is 1. The van der Waals surface area contributed by atoms with Crippen LogP contribution in [0, 0.1) is 5.92 Å². The van der Waals surface area contributed by atoms with Gasteiger partial charge in [-0.2, -0.15) is 0 Å². The fourth-order valence-corrected chi connectivity index (χ4v) is 2.05. The van der Waals surface area contributed by atoms with Gasteiger partial charge in [-0.25, -0.2) is 0 Å². The normalized spacial score (nSPS) is 21.2. The first-order chi connectivity index (χ1) is 7.99. The molecule has 5 nitrogen and oxygen atoms in total. The fraction of sp³-hybridized carbons (Fsp3) is 0.917. The Hall–Kier alpha value is -0.650. The Bertz CT molecular complexity index is 250. The van der Waals surface area contributed by atoms with Crippen molar-refractivity contribution < 1.29 is 14.6 Å². The summed E-state index contributed by atoms with van der Waals surface area (Å²) >= 11 is 0. The second-order valence-electron chi connectivity index (χ2n) is 5.28. The minimum absolute atomic E-state index is 0.0590. The summed E-state index contributed by atoms with van der Waals surface area (Å²) in [6.07, 6.45) is 1.94. The van der Waals surface area contributed by atoms with Gasteiger partial charge in [-0.05, 0) is 25.2 Å². The van der Waals surface area contributed by atoms with Crippen molar-refractivity contribution in [1.29, 1.82) is 0 Å². The monoisotopic (exact) mass is 244 g/mol. The van der Waals surface area contributed by atoms with Crippen LogP contribution in [0.3, 0.4) is 0 Å². The number of carbonyl (C=O) groups is 1. The Balaban J connectivity index is 2.52. The summed E-state index contributed by atoms with van der Waals surface area (Å²) in [6.45, 7) is 5.14. The van der Waals surface area contributed by atoms with Crippen molar-refractivity contribution in [3.63, 3.8) is 0 Å². The average Bonchev–Trinajstić information content (AvgIpc) is 2.29. The zero-order chi connectivity index (χ0) is 12.9. The Labute approximate surface area is 103 Å². The van der Waals surface area contributed by atoms with Gasteiger partial charge in [0.2, 0.25) is 5.91 Å². The predicted molar refractivity (Wildman–Crippen MR) is 65.4 cm³/mol. The number of hydrogen-bond donors (Lipinski definition) is 3. The number of hydrogen-bond acceptors (Lipinski definition) is 4. The van der Waals surface area contributed by atoms with Crippen molar-refractivity contribution in [1.82, 2.24) is 5.32 Å². The summed E-state index contributed by atoms with van der Waals surface area (Å²) in [5.41, 5.74) is 5.29. The van der Waals surface area contributed by atoms with E-state index in [2.05, 4.69) is 5.32 Å². The molecule has 1 aliphatic rings. The molecule has 1 rings (SSSR count). The molecule has 5 heteroatoms. The van der Waals surface area contributed by atoms with Crippen molar-refractivity contribution in [3.8, 4) is 0 Å². The maximum Gasteiger partial charge on any atom is 0.237 e. The SMILES string of the molecule is CC(C)C[C@H](N)C(=O)NC1(CO)CCOCC1. The van der Waals surface area contributed by atoms with E-state index in [1.807, 2.05) is 13.8 Å². The number of rotatable bonds is 5. The third-order valence-corrected chi connectivity index (χ3v) is 3.20. The number of aliphatic hydroxyl groups is 1. The van der Waals surface area contributed by atoms with Gasteiger partial charge in [0.25, 0.3) is 0 Å². The number of nitrogens with two attached hydrogens (primary N) is 1. The first-order valence-corrected chi connectivity index (χ1v) is 6.25. The van der Waals surface area contributed by atoms with E-state index in [1.54, 1.807) is 0 Å². The lowest BCUT2D eigenvalue weighted by atomic mass is 9.90. The standard InChI is InChI=1S/C12H24N2O3/c1-9(2)7-10(13)11(16)14-12(8-15)3-5-17-6-4-12/h9-10,15H,3-8,13H2,1-2H3,(H,14,16)/t10-/m0/s1. The molecular weight excluding hydrogens is 220 g/mol. The molecule has 1 aliphatic heterocycles. The molecule has 0 bridgehead atoms. The summed E-state index contributed by atoms with van der Waals surface area (Å²) in [6, 6.07) is -0.499. The van der Waals surface area contributed by atoms with Gasteiger partial charge in [-0.1, -0.05) is 13.8 Å².